The van der Waals surface area contributed by atoms with Gasteiger partial charge in [-0.3, -0.25) is 0 Å². The largest absolute Gasteiger partial charge is 0.439 e. The molecular formula is C29H40N6O3Si. The molecule has 2 aromatic heterocycles. The fourth-order valence-electron chi connectivity index (χ4n) is 4.58. The van der Waals surface area contributed by atoms with Crippen molar-refractivity contribution in [3.05, 3.63) is 88.8 Å². The van der Waals surface area contributed by atoms with Gasteiger partial charge in [-0.1, -0.05) is 70.6 Å². The lowest BCUT2D eigenvalue weighted by molar-refractivity contribution is 0.0739. The van der Waals surface area contributed by atoms with E-state index in [2.05, 4.69) is 78.3 Å². The second-order valence-corrected chi connectivity index (χ2v) is 16.7. The minimum atomic E-state index is -1.18. The Kier molecular flexibility index (Phi) is 9.53. The Morgan fingerprint density at radius 2 is 1.67 bits per heavy atom. The van der Waals surface area contributed by atoms with Crippen LogP contribution in [0.15, 0.2) is 70.4 Å². The van der Waals surface area contributed by atoms with E-state index in [1.165, 1.54) is 10.2 Å². The van der Waals surface area contributed by atoms with Gasteiger partial charge in [0.15, 0.2) is 0 Å². The van der Waals surface area contributed by atoms with E-state index in [-0.39, 0.29) is 12.8 Å². The van der Waals surface area contributed by atoms with Crippen molar-refractivity contribution in [2.45, 2.75) is 71.6 Å². The van der Waals surface area contributed by atoms with Crippen molar-refractivity contribution in [3.63, 3.8) is 0 Å². The number of nitrogens with one attached hydrogen (secondary N) is 1. The molecule has 1 unspecified atom stereocenters. The van der Waals surface area contributed by atoms with Crippen LogP contribution in [0.2, 0.25) is 25.7 Å². The lowest BCUT2D eigenvalue weighted by atomic mass is 9.89. The van der Waals surface area contributed by atoms with Crippen molar-refractivity contribution in [1.82, 2.24) is 24.5 Å². The summed E-state index contributed by atoms with van der Waals surface area (Å²) in [5, 5.41) is 12.2. The average Bonchev–Trinajstić information content (AvgIpc) is 3.56. The average molecular weight is 549 g/mol. The molecule has 0 saturated heterocycles. The number of hydrogen-bond donors (Lipinski definition) is 1. The van der Waals surface area contributed by atoms with Crippen LogP contribution >= 0.6 is 0 Å². The third kappa shape index (κ3) is 8.00. The summed E-state index contributed by atoms with van der Waals surface area (Å²) in [7, 11) is -1.18. The summed E-state index contributed by atoms with van der Waals surface area (Å²) in [6.07, 6.45) is 5.98. The van der Waals surface area contributed by atoms with Crippen LogP contribution in [0.1, 0.15) is 49.7 Å². The van der Waals surface area contributed by atoms with E-state index < -0.39 is 13.8 Å². The zero-order chi connectivity index (χ0) is 27.8. The van der Waals surface area contributed by atoms with Crippen molar-refractivity contribution < 1.29 is 9.15 Å². The zero-order valence-electron chi connectivity index (χ0n) is 23.6. The van der Waals surface area contributed by atoms with Crippen molar-refractivity contribution in [1.29, 1.82) is 0 Å². The van der Waals surface area contributed by atoms with Crippen LogP contribution in [0.3, 0.4) is 0 Å². The first-order chi connectivity index (χ1) is 18.8. The molecule has 0 aliphatic rings. The van der Waals surface area contributed by atoms with Crippen LogP contribution in [0.25, 0.3) is 0 Å². The minimum Gasteiger partial charge on any atom is -0.392 e. The summed E-state index contributed by atoms with van der Waals surface area (Å²) >= 11 is 0. The predicted octanol–water partition coefficient (Wildman–Crippen LogP) is 6.10. The predicted molar refractivity (Wildman–Crippen MR) is 156 cm³/mol. The quantitative estimate of drug-likeness (QED) is 0.150. The molecule has 0 spiro atoms. The molecule has 1 N–H and O–H groups in total. The molecule has 0 fully saturated rings. The fourth-order valence-corrected chi connectivity index (χ4v) is 5.34. The Hall–Kier alpha value is -3.50. The molecule has 0 aliphatic carbocycles. The monoisotopic (exact) mass is 548 g/mol. The van der Waals surface area contributed by atoms with Crippen LogP contribution in [0, 0.1) is 5.92 Å². The van der Waals surface area contributed by atoms with Crippen molar-refractivity contribution >= 4 is 19.4 Å². The van der Waals surface area contributed by atoms with Gasteiger partial charge in [0, 0.05) is 26.1 Å². The van der Waals surface area contributed by atoms with Gasteiger partial charge >= 0.3 is 5.76 Å². The molecule has 0 aliphatic heterocycles. The first-order valence-electron chi connectivity index (χ1n) is 13.7. The molecule has 4 aromatic rings. The van der Waals surface area contributed by atoms with Gasteiger partial charge < -0.3 is 14.5 Å². The van der Waals surface area contributed by atoms with E-state index in [1.54, 1.807) is 12.7 Å². The normalized spacial score (nSPS) is 12.7. The van der Waals surface area contributed by atoms with Crippen LogP contribution in [-0.4, -0.2) is 39.2 Å². The first-order valence-corrected chi connectivity index (χ1v) is 17.4. The number of aromatic nitrogens is 5. The maximum absolute atomic E-state index is 12.1. The molecule has 0 saturated carbocycles. The van der Waals surface area contributed by atoms with Gasteiger partial charge in [-0.05, 0) is 47.4 Å². The summed E-state index contributed by atoms with van der Waals surface area (Å²) < 4.78 is 14.2. The Morgan fingerprint density at radius 1 is 1.00 bits per heavy atom. The maximum atomic E-state index is 12.1. The second kappa shape index (κ2) is 13.0. The topological polar surface area (TPSA) is 100 Å². The van der Waals surface area contributed by atoms with Crippen LogP contribution in [0.4, 0.5) is 11.4 Å². The molecule has 0 bridgehead atoms. The van der Waals surface area contributed by atoms with E-state index in [4.69, 9.17) is 9.15 Å². The first kappa shape index (κ1) is 28.5. The highest BCUT2D eigenvalue weighted by Crippen LogP contribution is 2.31. The van der Waals surface area contributed by atoms with E-state index >= 15 is 0 Å². The summed E-state index contributed by atoms with van der Waals surface area (Å²) in [6.45, 7) is 12.1. The molecule has 39 heavy (non-hydrogen) atoms. The van der Waals surface area contributed by atoms with E-state index in [1.807, 2.05) is 28.9 Å². The van der Waals surface area contributed by atoms with Gasteiger partial charge in [-0.25, -0.2) is 14.5 Å². The van der Waals surface area contributed by atoms with Crippen molar-refractivity contribution in [2.75, 3.05) is 11.9 Å². The lowest BCUT2D eigenvalue weighted by Gasteiger charge is -2.26. The van der Waals surface area contributed by atoms with Crippen molar-refractivity contribution in [2.24, 2.45) is 5.92 Å². The Balaban J connectivity index is 1.35. The minimum absolute atomic E-state index is 0.117. The van der Waals surface area contributed by atoms with E-state index in [0.717, 1.165) is 35.8 Å². The smallest absolute Gasteiger partial charge is 0.392 e. The van der Waals surface area contributed by atoms with Gasteiger partial charge in [0.2, 0.25) is 5.89 Å². The molecule has 9 nitrogen and oxygen atoms in total. The van der Waals surface area contributed by atoms with Gasteiger partial charge in [0.25, 0.3) is 0 Å². The third-order valence-electron chi connectivity index (χ3n) is 6.93. The number of hydrogen-bond acceptors (Lipinski definition) is 7. The maximum Gasteiger partial charge on any atom is 0.439 e. The third-order valence-corrected chi connectivity index (χ3v) is 8.63. The summed E-state index contributed by atoms with van der Waals surface area (Å²) in [5.74, 6) is 0.371. The molecule has 4 rings (SSSR count). The number of rotatable bonds is 14. The number of anilines is 2. The van der Waals surface area contributed by atoms with Crippen molar-refractivity contribution in [3.8, 4) is 0 Å². The van der Waals surface area contributed by atoms with Gasteiger partial charge in [0.05, 0.1) is 12.5 Å². The highest BCUT2D eigenvalue weighted by Gasteiger charge is 2.23. The molecule has 2 aromatic carbocycles. The summed E-state index contributed by atoms with van der Waals surface area (Å²) in [5.41, 5.74) is 4.21. The zero-order valence-corrected chi connectivity index (χ0v) is 24.6. The van der Waals surface area contributed by atoms with E-state index in [9.17, 15) is 4.79 Å². The molecule has 208 valence electrons. The van der Waals surface area contributed by atoms with Gasteiger partial charge in [-0.2, -0.15) is 9.78 Å². The number of ether oxygens (including phenoxy) is 1. The molecule has 10 heteroatoms. The molecule has 0 radical (unpaired) electrons. The van der Waals surface area contributed by atoms with Crippen LogP contribution in [-0.2, 0) is 17.9 Å². The Bertz CT molecular complexity index is 1340. The standard InChI is InChI=1S/C29H40N6O3Si/c1-6-23(7-2)28(34-20-30-19-31-34)24-10-14-26(15-11-24)32-25-12-8-22(9-13-25)18-27-33-35(29(36)38-27)21-37-16-17-39(3,4)5/h8-15,19-20,23,28,32H,6-7,16-18,21H2,1-5H3. The summed E-state index contributed by atoms with van der Waals surface area (Å²) in [4.78, 5) is 16.3. The molecular weight excluding hydrogens is 508 g/mol. The second-order valence-electron chi connectivity index (χ2n) is 11.1. The Labute approximate surface area is 231 Å². The highest BCUT2D eigenvalue weighted by atomic mass is 28.3. The SMILES string of the molecule is CCC(CC)C(c1ccc(Nc2ccc(Cc3nn(COCC[Si](C)(C)C)c(=O)o3)cc2)cc1)n1cncn1. The number of nitrogens with zero attached hydrogens (tertiary/aromatic N) is 5. The van der Waals surface area contributed by atoms with Crippen LogP contribution < -0.4 is 11.1 Å². The highest BCUT2D eigenvalue weighted by molar-refractivity contribution is 6.76. The van der Waals surface area contributed by atoms with Gasteiger partial charge in [-0.15, -0.1) is 5.10 Å². The lowest BCUT2D eigenvalue weighted by Crippen LogP contribution is -2.23. The fraction of sp³-hybridized carbons (Fsp3) is 0.448. The molecule has 1 atom stereocenters. The summed E-state index contributed by atoms with van der Waals surface area (Å²) in [6, 6.07) is 17.8. The van der Waals surface area contributed by atoms with E-state index in [0.29, 0.717) is 24.8 Å². The molecule has 2 heterocycles. The van der Waals surface area contributed by atoms with Crippen LogP contribution in [0.5, 0.6) is 0 Å². The number of benzene rings is 2. The molecule has 0 amide bonds. The Morgan fingerprint density at radius 3 is 2.26 bits per heavy atom. The van der Waals surface area contributed by atoms with Gasteiger partial charge in [0.1, 0.15) is 19.4 Å².